The van der Waals surface area contributed by atoms with Crippen molar-refractivity contribution in [1.82, 2.24) is 4.90 Å². The van der Waals surface area contributed by atoms with Crippen molar-refractivity contribution in [2.24, 2.45) is 9.98 Å². The van der Waals surface area contributed by atoms with Crippen molar-refractivity contribution in [1.29, 1.82) is 0 Å². The topological polar surface area (TPSA) is 28.0 Å². The summed E-state index contributed by atoms with van der Waals surface area (Å²) < 4.78 is 0. The smallest absolute Gasteiger partial charge is 0.119 e. The van der Waals surface area contributed by atoms with Gasteiger partial charge >= 0.3 is 0 Å². The van der Waals surface area contributed by atoms with Gasteiger partial charge in [0.1, 0.15) is 12.5 Å². The monoisotopic (exact) mass is 163 g/mol. The summed E-state index contributed by atoms with van der Waals surface area (Å²) in [7, 11) is 1.97. The first-order valence-corrected chi connectivity index (χ1v) is 3.84. The van der Waals surface area contributed by atoms with E-state index >= 15 is 0 Å². The van der Waals surface area contributed by atoms with Gasteiger partial charge in [-0.05, 0) is 18.6 Å². The molecule has 3 heteroatoms. The van der Waals surface area contributed by atoms with Crippen LogP contribution in [0.15, 0.2) is 34.4 Å². The Bertz CT molecular complexity index is 250. The summed E-state index contributed by atoms with van der Waals surface area (Å²) in [5, 5.41) is 0. The number of rotatable bonds is 0. The minimum Gasteiger partial charge on any atom is -0.359 e. The third-order valence-corrected chi connectivity index (χ3v) is 1.70. The number of hydrogen-bond donors (Lipinski definition) is 0. The molecule has 0 aromatic carbocycles. The minimum absolute atomic E-state index is 0.129. The van der Waals surface area contributed by atoms with E-state index in [0.29, 0.717) is 0 Å². The van der Waals surface area contributed by atoms with Crippen LogP contribution in [-0.2, 0) is 0 Å². The Labute approximate surface area is 72.8 Å². The van der Waals surface area contributed by atoms with E-state index in [-0.39, 0.29) is 6.17 Å². The third-order valence-electron chi connectivity index (χ3n) is 1.70. The second kappa shape index (κ2) is 3.85. The van der Waals surface area contributed by atoms with E-state index < -0.39 is 0 Å². The first kappa shape index (κ1) is 8.71. The van der Waals surface area contributed by atoms with Crippen molar-refractivity contribution in [2.75, 3.05) is 7.05 Å². The highest BCUT2D eigenvalue weighted by Gasteiger charge is 2.00. The van der Waals surface area contributed by atoms with Gasteiger partial charge in [-0.1, -0.05) is 6.58 Å². The van der Waals surface area contributed by atoms with Crippen molar-refractivity contribution in [3.05, 3.63) is 24.4 Å². The Morgan fingerprint density at radius 3 is 3.08 bits per heavy atom. The largest absolute Gasteiger partial charge is 0.359 e. The first-order valence-electron chi connectivity index (χ1n) is 3.84. The molecular weight excluding hydrogens is 150 g/mol. The van der Waals surface area contributed by atoms with Gasteiger partial charge in [0.25, 0.3) is 0 Å². The van der Waals surface area contributed by atoms with Crippen molar-refractivity contribution in [2.45, 2.75) is 13.1 Å². The molecule has 0 aromatic heterocycles. The maximum atomic E-state index is 4.17. The van der Waals surface area contributed by atoms with E-state index in [0.717, 1.165) is 5.57 Å². The van der Waals surface area contributed by atoms with Gasteiger partial charge in [-0.15, -0.1) is 0 Å². The number of allylic oxidation sites excluding steroid dienone is 2. The molecule has 0 N–H and O–H groups in total. The van der Waals surface area contributed by atoms with Crippen LogP contribution in [0.25, 0.3) is 0 Å². The van der Waals surface area contributed by atoms with Crippen LogP contribution in [0.5, 0.6) is 0 Å². The van der Waals surface area contributed by atoms with Crippen LogP contribution in [0.4, 0.5) is 0 Å². The Balaban J connectivity index is 2.82. The molecule has 0 spiro atoms. The number of hydrogen-bond acceptors (Lipinski definition) is 3. The van der Waals surface area contributed by atoms with Crippen molar-refractivity contribution < 1.29 is 0 Å². The molecule has 1 atom stereocenters. The average Bonchev–Trinajstić information content (AvgIpc) is 2.11. The summed E-state index contributed by atoms with van der Waals surface area (Å²) >= 11 is 0. The lowest BCUT2D eigenvalue weighted by Gasteiger charge is -2.17. The summed E-state index contributed by atoms with van der Waals surface area (Å²) in [4.78, 5) is 10.1. The normalized spacial score (nSPS) is 26.3. The molecule has 0 bridgehead atoms. The van der Waals surface area contributed by atoms with Gasteiger partial charge in [-0.3, -0.25) is 0 Å². The van der Waals surface area contributed by atoms with E-state index in [1.165, 1.54) is 0 Å². The Morgan fingerprint density at radius 2 is 2.33 bits per heavy atom. The highest BCUT2D eigenvalue weighted by atomic mass is 15.2. The summed E-state index contributed by atoms with van der Waals surface area (Å²) in [6.45, 7) is 5.80. The van der Waals surface area contributed by atoms with Crippen molar-refractivity contribution in [3.63, 3.8) is 0 Å². The summed E-state index contributed by atoms with van der Waals surface area (Å²) in [6.07, 6.45) is 7.23. The highest BCUT2D eigenvalue weighted by Crippen LogP contribution is 2.00. The van der Waals surface area contributed by atoms with Gasteiger partial charge in [-0.25, -0.2) is 9.98 Å². The second-order valence-corrected chi connectivity index (χ2v) is 2.73. The maximum absolute atomic E-state index is 4.17. The quantitative estimate of drug-likeness (QED) is 0.531. The molecule has 12 heavy (non-hydrogen) atoms. The van der Waals surface area contributed by atoms with Crippen LogP contribution in [0.1, 0.15) is 6.92 Å². The molecule has 0 saturated heterocycles. The van der Waals surface area contributed by atoms with Crippen LogP contribution in [0.2, 0.25) is 0 Å². The van der Waals surface area contributed by atoms with E-state index in [1.54, 1.807) is 12.6 Å². The molecule has 0 saturated carbocycles. The molecule has 1 aliphatic heterocycles. The van der Waals surface area contributed by atoms with E-state index in [1.807, 2.05) is 31.1 Å². The lowest BCUT2D eigenvalue weighted by molar-refractivity contribution is 0.364. The average molecular weight is 163 g/mol. The highest BCUT2D eigenvalue weighted by molar-refractivity contribution is 5.87. The van der Waals surface area contributed by atoms with Crippen LogP contribution in [0.3, 0.4) is 0 Å². The molecule has 1 rings (SSSR count). The zero-order chi connectivity index (χ0) is 8.97. The van der Waals surface area contributed by atoms with E-state index in [4.69, 9.17) is 0 Å². The zero-order valence-corrected chi connectivity index (χ0v) is 7.44. The Hall–Kier alpha value is -1.38. The predicted octanol–water partition coefficient (Wildman–Crippen LogP) is 1.45. The molecule has 0 radical (unpaired) electrons. The van der Waals surface area contributed by atoms with Gasteiger partial charge in [0.2, 0.25) is 0 Å². The molecule has 1 unspecified atom stereocenters. The van der Waals surface area contributed by atoms with Crippen LogP contribution >= 0.6 is 0 Å². The molecule has 1 aliphatic rings. The predicted molar refractivity (Wildman–Crippen MR) is 52.5 cm³/mol. The van der Waals surface area contributed by atoms with Gasteiger partial charge in [0, 0.05) is 19.5 Å². The van der Waals surface area contributed by atoms with Gasteiger partial charge in [-0.2, -0.15) is 0 Å². The lowest BCUT2D eigenvalue weighted by Crippen LogP contribution is -2.21. The van der Waals surface area contributed by atoms with Gasteiger partial charge < -0.3 is 4.90 Å². The molecule has 0 amide bonds. The molecular formula is C9H13N3. The molecule has 0 fully saturated rings. The van der Waals surface area contributed by atoms with Crippen molar-refractivity contribution in [3.8, 4) is 0 Å². The fraction of sp³-hybridized carbons (Fsp3) is 0.333. The first-order chi connectivity index (χ1) is 5.70. The van der Waals surface area contributed by atoms with Crippen LogP contribution < -0.4 is 0 Å². The fourth-order valence-electron chi connectivity index (χ4n) is 0.750. The fourth-order valence-corrected chi connectivity index (χ4v) is 0.750. The maximum Gasteiger partial charge on any atom is 0.119 e. The van der Waals surface area contributed by atoms with Crippen LogP contribution in [-0.4, -0.2) is 30.7 Å². The van der Waals surface area contributed by atoms with E-state index in [2.05, 4.69) is 16.6 Å². The van der Waals surface area contributed by atoms with E-state index in [9.17, 15) is 0 Å². The Kier molecular flexibility index (Phi) is 2.80. The summed E-state index contributed by atoms with van der Waals surface area (Å²) in [6, 6.07) is 0. The molecule has 3 nitrogen and oxygen atoms in total. The van der Waals surface area contributed by atoms with Gasteiger partial charge in [0.05, 0.1) is 0 Å². The van der Waals surface area contributed by atoms with Crippen molar-refractivity contribution >= 4 is 12.6 Å². The molecule has 0 aromatic rings. The zero-order valence-electron chi connectivity index (χ0n) is 7.44. The third kappa shape index (κ3) is 2.34. The molecule has 64 valence electrons. The number of nitrogens with zero attached hydrogens (tertiary/aromatic N) is 3. The van der Waals surface area contributed by atoms with Crippen LogP contribution in [0, 0.1) is 0 Å². The number of aliphatic imine (C=N–C) groups is 2. The minimum atomic E-state index is 0.129. The standard InChI is InChI=1S/C9H13N3/c1-8-4-5-12(3)9(2)11-7-10-6-8/h4-7,9H,1H2,2-3H3/b5-4-,10-6?,11-7?. The summed E-state index contributed by atoms with van der Waals surface area (Å²) in [5.41, 5.74) is 0.877. The SMILES string of the molecule is C=C1C=NC=NC(C)N(C)/C=C\1. The second-order valence-electron chi connectivity index (χ2n) is 2.73. The Morgan fingerprint density at radius 1 is 1.58 bits per heavy atom. The molecule has 1 heterocycles. The molecule has 0 aliphatic carbocycles. The van der Waals surface area contributed by atoms with Gasteiger partial charge in [0.15, 0.2) is 0 Å². The summed E-state index contributed by atoms with van der Waals surface area (Å²) in [5.74, 6) is 0. The lowest BCUT2D eigenvalue weighted by atomic mass is 10.3.